The number of carbonyl (C=O) groups excluding carboxylic acids is 2. The van der Waals surface area contributed by atoms with Gasteiger partial charge in [0.1, 0.15) is 0 Å². The van der Waals surface area contributed by atoms with Crippen LogP contribution in [0.5, 0.6) is 0 Å². The molecule has 1 rings (SSSR count). The van der Waals surface area contributed by atoms with Crippen LogP contribution in [0.3, 0.4) is 0 Å². The highest BCUT2D eigenvalue weighted by molar-refractivity contribution is 5.58. The molecule has 3 nitrogen and oxygen atoms in total. The Morgan fingerprint density at radius 1 is 1.44 bits per heavy atom. The first-order chi connectivity index (χ1) is 4.36. The molecule has 2 radical (unpaired) electrons. The van der Waals surface area contributed by atoms with E-state index in [0.717, 1.165) is 6.42 Å². The molecule has 0 N–H and O–H groups in total. The van der Waals surface area contributed by atoms with E-state index < -0.39 is 0 Å². The molecule has 0 bridgehead atoms. The molecule has 3 heteroatoms. The van der Waals surface area contributed by atoms with Crippen LogP contribution in [-0.4, -0.2) is 30.7 Å². The van der Waals surface area contributed by atoms with Crippen molar-refractivity contribution in [2.24, 2.45) is 5.92 Å². The first-order valence-corrected chi connectivity index (χ1v) is 2.87. The summed E-state index contributed by atoms with van der Waals surface area (Å²) in [5, 5.41) is 0. The molecule has 0 aromatic heterocycles. The number of hydrogen-bond donors (Lipinski definition) is 0. The molecule has 1 saturated heterocycles. The zero-order chi connectivity index (χ0) is 6.69. The lowest BCUT2D eigenvalue weighted by molar-refractivity contribution is 0.433. The van der Waals surface area contributed by atoms with Gasteiger partial charge in [-0.2, -0.15) is 0 Å². The highest BCUT2D eigenvalue weighted by Crippen LogP contribution is 2.10. The molecule has 9 heavy (non-hydrogen) atoms. The summed E-state index contributed by atoms with van der Waals surface area (Å²) < 4.78 is 0. The van der Waals surface area contributed by atoms with Gasteiger partial charge in [0, 0.05) is 19.0 Å². The number of amides is 1. The minimum atomic E-state index is -0.0635. The van der Waals surface area contributed by atoms with E-state index in [1.54, 1.807) is 6.41 Å². The smallest absolute Gasteiger partial charge is 0.312 e. The van der Waals surface area contributed by atoms with Crippen molar-refractivity contribution in [2.75, 3.05) is 13.1 Å². The molecular formula is C6H7NO2. The van der Waals surface area contributed by atoms with E-state index in [-0.39, 0.29) is 5.92 Å². The summed E-state index contributed by atoms with van der Waals surface area (Å²) in [5.74, 6) is -0.0635. The topological polar surface area (TPSA) is 37.4 Å². The maximum Gasteiger partial charge on any atom is 0.312 e. The van der Waals surface area contributed by atoms with E-state index >= 15 is 0 Å². The number of rotatable bonds is 2. The molecule has 1 aliphatic heterocycles. The minimum Gasteiger partial charge on any atom is -0.334 e. The number of hydrogen-bond acceptors (Lipinski definition) is 2. The highest BCUT2D eigenvalue weighted by Gasteiger charge is 2.21. The zero-order valence-electron chi connectivity index (χ0n) is 4.96. The summed E-state index contributed by atoms with van der Waals surface area (Å²) in [6.45, 7) is 1.16. The van der Waals surface area contributed by atoms with Gasteiger partial charge in [-0.15, -0.1) is 0 Å². The molecule has 1 aliphatic rings. The monoisotopic (exact) mass is 125 g/mol. The molecule has 0 aliphatic carbocycles. The lowest BCUT2D eigenvalue weighted by Gasteiger charge is -2.02. The van der Waals surface area contributed by atoms with E-state index in [0.29, 0.717) is 13.1 Å². The Morgan fingerprint density at radius 3 is 2.56 bits per heavy atom. The van der Waals surface area contributed by atoms with Crippen molar-refractivity contribution in [1.29, 1.82) is 0 Å². The number of nitrogens with zero attached hydrogens (tertiary/aromatic N) is 1. The molecule has 0 unspecified atom stereocenters. The van der Waals surface area contributed by atoms with Crippen LogP contribution in [0, 0.1) is 5.92 Å². The van der Waals surface area contributed by atoms with Gasteiger partial charge in [-0.1, -0.05) is 0 Å². The van der Waals surface area contributed by atoms with Crippen LogP contribution < -0.4 is 0 Å². The first-order valence-electron chi connectivity index (χ1n) is 2.87. The van der Waals surface area contributed by atoms with Crippen molar-refractivity contribution in [3.63, 3.8) is 0 Å². The van der Waals surface area contributed by atoms with Gasteiger partial charge in [-0.3, -0.25) is 9.59 Å². The normalized spacial score (nSPS) is 26.2. The van der Waals surface area contributed by atoms with Crippen LogP contribution in [-0.2, 0) is 9.59 Å². The Kier molecular flexibility index (Phi) is 1.82. The zero-order valence-corrected chi connectivity index (χ0v) is 4.96. The predicted molar refractivity (Wildman–Crippen MR) is 31.1 cm³/mol. The molecule has 1 amide bonds. The molecule has 0 spiro atoms. The molecule has 1 fully saturated rings. The summed E-state index contributed by atoms with van der Waals surface area (Å²) in [6, 6.07) is 0. The van der Waals surface area contributed by atoms with Crippen LogP contribution in [0.2, 0.25) is 0 Å². The van der Waals surface area contributed by atoms with E-state index in [2.05, 4.69) is 0 Å². The van der Waals surface area contributed by atoms with Crippen molar-refractivity contribution < 1.29 is 9.59 Å². The van der Waals surface area contributed by atoms with Gasteiger partial charge in [0.2, 0.25) is 6.29 Å². The Hall–Kier alpha value is -0.860. The van der Waals surface area contributed by atoms with Crippen molar-refractivity contribution in [3.8, 4) is 0 Å². The van der Waals surface area contributed by atoms with Gasteiger partial charge in [-0.05, 0) is 6.42 Å². The number of likely N-dealkylation sites (tertiary alicyclic amines) is 1. The second-order valence-corrected chi connectivity index (χ2v) is 2.14. The molecular weight excluding hydrogens is 118 g/mol. The van der Waals surface area contributed by atoms with E-state index in [4.69, 9.17) is 0 Å². The fourth-order valence-corrected chi connectivity index (χ4v) is 0.939. The van der Waals surface area contributed by atoms with Gasteiger partial charge in [0.15, 0.2) is 0 Å². The lowest BCUT2D eigenvalue weighted by atomic mass is 10.1. The Balaban J connectivity index is 2.36. The molecule has 0 aromatic carbocycles. The average Bonchev–Trinajstić information content (AvgIpc) is 2.34. The summed E-state index contributed by atoms with van der Waals surface area (Å²) in [5.41, 5.74) is 0. The van der Waals surface area contributed by atoms with Gasteiger partial charge in [0.05, 0.1) is 0 Å². The van der Waals surface area contributed by atoms with Gasteiger partial charge in [0.25, 0.3) is 0 Å². The van der Waals surface area contributed by atoms with Crippen LogP contribution in [0.1, 0.15) is 6.42 Å². The summed E-state index contributed by atoms with van der Waals surface area (Å²) in [6.07, 6.45) is 4.34. The fourth-order valence-electron chi connectivity index (χ4n) is 0.939. The van der Waals surface area contributed by atoms with Gasteiger partial charge < -0.3 is 4.90 Å². The first kappa shape index (κ1) is 6.26. The highest BCUT2D eigenvalue weighted by atomic mass is 16.1. The van der Waals surface area contributed by atoms with E-state index in [9.17, 15) is 9.59 Å². The van der Waals surface area contributed by atoms with E-state index in [1.165, 1.54) is 4.90 Å². The van der Waals surface area contributed by atoms with Gasteiger partial charge >= 0.3 is 6.41 Å². The quantitative estimate of drug-likeness (QED) is 0.498. The van der Waals surface area contributed by atoms with Crippen molar-refractivity contribution in [2.45, 2.75) is 6.42 Å². The Bertz CT molecular complexity index is 110. The van der Waals surface area contributed by atoms with Crippen LogP contribution in [0.4, 0.5) is 0 Å². The summed E-state index contributed by atoms with van der Waals surface area (Å²) >= 11 is 0. The molecule has 1 heterocycles. The third-order valence-corrected chi connectivity index (χ3v) is 1.48. The fraction of sp³-hybridized carbons (Fsp3) is 0.667. The van der Waals surface area contributed by atoms with Gasteiger partial charge in [-0.25, -0.2) is 0 Å². The largest absolute Gasteiger partial charge is 0.334 e. The van der Waals surface area contributed by atoms with Crippen molar-refractivity contribution in [3.05, 3.63) is 0 Å². The summed E-state index contributed by atoms with van der Waals surface area (Å²) in [4.78, 5) is 21.4. The third kappa shape index (κ3) is 1.28. The van der Waals surface area contributed by atoms with Crippen molar-refractivity contribution in [1.82, 2.24) is 4.90 Å². The Labute approximate surface area is 53.6 Å². The van der Waals surface area contributed by atoms with E-state index in [1.807, 2.05) is 6.29 Å². The third-order valence-electron chi connectivity index (χ3n) is 1.48. The maximum absolute atomic E-state index is 9.99. The SMILES string of the molecule is O=[C][C@H]1CCN([C]=O)C1. The van der Waals surface area contributed by atoms with Crippen molar-refractivity contribution >= 4 is 12.7 Å². The van der Waals surface area contributed by atoms with Crippen LogP contribution in [0.25, 0.3) is 0 Å². The molecule has 0 saturated carbocycles. The van der Waals surface area contributed by atoms with Crippen LogP contribution in [0.15, 0.2) is 0 Å². The minimum absolute atomic E-state index is 0.0635. The second-order valence-electron chi connectivity index (χ2n) is 2.14. The summed E-state index contributed by atoms with van der Waals surface area (Å²) in [7, 11) is 0. The predicted octanol–water partition coefficient (Wildman–Crippen LogP) is -0.515. The second kappa shape index (κ2) is 2.62. The lowest BCUT2D eigenvalue weighted by Crippen LogP contribution is -2.18. The molecule has 48 valence electrons. The maximum atomic E-state index is 9.99. The standard InChI is InChI=1S/C6H7NO2/c8-4-6-1-2-7(3-6)5-9/h6H,1-3H2/t6-/m0/s1. The Morgan fingerprint density at radius 2 is 2.22 bits per heavy atom. The van der Waals surface area contributed by atoms with Crippen LogP contribution >= 0.6 is 0 Å². The average molecular weight is 125 g/mol. The molecule has 0 aromatic rings. The molecule has 1 atom stereocenters.